The van der Waals surface area contributed by atoms with Gasteiger partial charge in [-0.2, -0.15) is 0 Å². The van der Waals surface area contributed by atoms with E-state index in [2.05, 4.69) is 11.2 Å². The van der Waals surface area contributed by atoms with Crippen molar-refractivity contribution >= 4 is 11.1 Å². The van der Waals surface area contributed by atoms with E-state index < -0.39 is 11.1 Å². The van der Waals surface area contributed by atoms with Crippen molar-refractivity contribution < 1.29 is 13.5 Å². The van der Waals surface area contributed by atoms with Crippen molar-refractivity contribution in [2.24, 2.45) is 0 Å². The van der Waals surface area contributed by atoms with Crippen LogP contribution in [0.5, 0.6) is 0 Å². The van der Waals surface area contributed by atoms with Crippen molar-refractivity contribution in [3.63, 3.8) is 0 Å². The predicted molar refractivity (Wildman–Crippen MR) is 51.4 cm³/mol. The highest BCUT2D eigenvalue weighted by Gasteiger charge is 2.13. The van der Waals surface area contributed by atoms with Crippen molar-refractivity contribution in [1.82, 2.24) is 0 Å². The topological polar surface area (TPSA) is 46.5 Å². The monoisotopic (exact) mass is 202 g/mol. The maximum absolute atomic E-state index is 10.1. The van der Waals surface area contributed by atoms with Crippen molar-refractivity contribution in [3.05, 3.63) is 0 Å². The minimum absolute atomic E-state index is 0.404. The third kappa shape index (κ3) is 5.04. The Morgan fingerprint density at radius 2 is 2.46 bits per heavy atom. The molecule has 0 spiro atoms. The Balaban J connectivity index is 2.01. The average Bonchev–Trinajstić information content (AvgIpc) is 2.55. The van der Waals surface area contributed by atoms with Crippen LogP contribution in [-0.4, -0.2) is 21.5 Å². The second-order valence-electron chi connectivity index (χ2n) is 3.06. The van der Waals surface area contributed by atoms with Gasteiger partial charge in [-0.05, 0) is 25.7 Å². The Morgan fingerprint density at radius 1 is 1.62 bits per heavy atom. The molecule has 0 aromatic heterocycles. The van der Waals surface area contributed by atoms with Crippen LogP contribution in [-0.2, 0) is 15.8 Å². The minimum atomic E-state index is -1.96. The molecule has 1 fully saturated rings. The molecule has 1 saturated heterocycles. The van der Waals surface area contributed by atoms with Gasteiger partial charge in [-0.3, -0.25) is 4.55 Å². The average molecular weight is 202 g/mol. The van der Waals surface area contributed by atoms with E-state index in [9.17, 15) is 4.21 Å². The zero-order chi connectivity index (χ0) is 9.52. The van der Waals surface area contributed by atoms with Crippen LogP contribution in [0.25, 0.3) is 0 Å². The standard InChI is InChI=1S/C9H14O3S/c10-13(11)8-3-1-2-5-9-6-4-7-12-9/h9H,1-2,4-7H2,(H,10,11). The first-order valence-electron chi connectivity index (χ1n) is 4.50. The molecule has 1 heterocycles. The summed E-state index contributed by atoms with van der Waals surface area (Å²) in [6.45, 7) is 0.886. The molecule has 0 amide bonds. The van der Waals surface area contributed by atoms with E-state index in [1.165, 1.54) is 0 Å². The molecule has 0 aromatic carbocycles. The summed E-state index contributed by atoms with van der Waals surface area (Å²) in [5, 5.41) is 2.21. The molecule has 0 aromatic rings. The smallest absolute Gasteiger partial charge is 0.233 e. The van der Waals surface area contributed by atoms with Gasteiger partial charge >= 0.3 is 0 Å². The molecule has 13 heavy (non-hydrogen) atoms. The molecule has 2 unspecified atom stereocenters. The molecular weight excluding hydrogens is 188 g/mol. The lowest BCUT2D eigenvalue weighted by Crippen LogP contribution is -2.03. The third-order valence-corrected chi connectivity index (χ3v) is 2.33. The molecule has 1 aliphatic heterocycles. The Labute approximate surface area is 81.1 Å². The molecule has 0 radical (unpaired) electrons. The van der Waals surface area contributed by atoms with Gasteiger partial charge in [-0.25, -0.2) is 4.21 Å². The van der Waals surface area contributed by atoms with Crippen LogP contribution in [0.15, 0.2) is 0 Å². The summed E-state index contributed by atoms with van der Waals surface area (Å²) >= 11 is -1.96. The van der Waals surface area contributed by atoms with Crippen LogP contribution in [0.4, 0.5) is 0 Å². The fraction of sp³-hybridized carbons (Fsp3) is 0.778. The number of hydrogen-bond donors (Lipinski definition) is 1. The van der Waals surface area contributed by atoms with Gasteiger partial charge in [0.25, 0.3) is 0 Å². The summed E-state index contributed by atoms with van der Waals surface area (Å²) < 4.78 is 23.9. The quantitative estimate of drug-likeness (QED) is 0.429. The van der Waals surface area contributed by atoms with Gasteiger partial charge in [0.2, 0.25) is 11.1 Å². The molecule has 0 bridgehead atoms. The van der Waals surface area contributed by atoms with Crippen molar-refractivity contribution in [2.45, 2.75) is 38.2 Å². The van der Waals surface area contributed by atoms with Crippen molar-refractivity contribution in [2.75, 3.05) is 6.61 Å². The van der Waals surface area contributed by atoms with Gasteiger partial charge in [0.15, 0.2) is 0 Å². The van der Waals surface area contributed by atoms with Gasteiger partial charge in [-0.15, -0.1) is 0 Å². The molecule has 3 nitrogen and oxygen atoms in total. The zero-order valence-electron chi connectivity index (χ0n) is 7.49. The third-order valence-electron chi connectivity index (χ3n) is 2.01. The van der Waals surface area contributed by atoms with Crippen LogP contribution in [0.2, 0.25) is 0 Å². The van der Waals surface area contributed by atoms with E-state index in [1.54, 1.807) is 0 Å². The van der Waals surface area contributed by atoms with E-state index in [-0.39, 0.29) is 0 Å². The SMILES string of the molecule is O=S(O)C#CCCCC1CCCO1. The second-order valence-corrected chi connectivity index (χ2v) is 3.76. The van der Waals surface area contributed by atoms with E-state index in [4.69, 9.17) is 9.29 Å². The summed E-state index contributed by atoms with van der Waals surface area (Å²) in [4.78, 5) is 0. The Morgan fingerprint density at radius 3 is 3.08 bits per heavy atom. The molecule has 2 atom stereocenters. The largest absolute Gasteiger partial charge is 0.378 e. The molecule has 74 valence electrons. The predicted octanol–water partition coefficient (Wildman–Crippen LogP) is 1.52. The van der Waals surface area contributed by atoms with Crippen molar-refractivity contribution in [3.8, 4) is 11.2 Å². The van der Waals surface area contributed by atoms with Gasteiger partial charge in [0, 0.05) is 18.3 Å². The number of ether oxygens (including phenoxy) is 1. The van der Waals surface area contributed by atoms with E-state index in [0.29, 0.717) is 12.5 Å². The first-order chi connectivity index (χ1) is 6.29. The number of hydrogen-bond acceptors (Lipinski definition) is 2. The Kier molecular flexibility index (Phi) is 5.06. The maximum atomic E-state index is 10.1. The van der Waals surface area contributed by atoms with E-state index in [0.717, 1.165) is 32.3 Å². The van der Waals surface area contributed by atoms with E-state index >= 15 is 0 Å². The molecule has 1 rings (SSSR count). The van der Waals surface area contributed by atoms with Gasteiger partial charge in [-0.1, -0.05) is 5.92 Å². The molecule has 0 saturated carbocycles. The van der Waals surface area contributed by atoms with E-state index in [1.807, 2.05) is 0 Å². The summed E-state index contributed by atoms with van der Waals surface area (Å²) in [5.41, 5.74) is 0. The van der Waals surface area contributed by atoms with Gasteiger partial charge in [0.1, 0.15) is 0 Å². The van der Waals surface area contributed by atoms with Crippen LogP contribution >= 0.6 is 0 Å². The van der Waals surface area contributed by atoms with Crippen LogP contribution < -0.4 is 0 Å². The number of unbranched alkanes of at least 4 members (excludes halogenated alkanes) is 1. The zero-order valence-corrected chi connectivity index (χ0v) is 8.31. The summed E-state index contributed by atoms with van der Waals surface area (Å²) in [7, 11) is 0. The first-order valence-corrected chi connectivity index (χ1v) is 5.60. The molecule has 1 N–H and O–H groups in total. The highest BCUT2D eigenvalue weighted by Crippen LogP contribution is 2.17. The molecule has 4 heteroatoms. The highest BCUT2D eigenvalue weighted by molar-refractivity contribution is 7.84. The molecule has 0 aliphatic carbocycles. The summed E-state index contributed by atoms with van der Waals surface area (Å²) in [5.74, 6) is 2.65. The Hall–Kier alpha value is -0.370. The lowest BCUT2D eigenvalue weighted by atomic mass is 10.1. The summed E-state index contributed by atoms with van der Waals surface area (Å²) in [6, 6.07) is 0. The lowest BCUT2D eigenvalue weighted by Gasteiger charge is -2.05. The summed E-state index contributed by atoms with van der Waals surface area (Å²) in [6.07, 6.45) is 5.38. The van der Waals surface area contributed by atoms with Crippen LogP contribution in [0, 0.1) is 11.2 Å². The first kappa shape index (κ1) is 10.7. The Bertz CT molecular complexity index is 223. The molecule has 1 aliphatic rings. The van der Waals surface area contributed by atoms with Gasteiger partial charge < -0.3 is 4.74 Å². The second kappa shape index (κ2) is 6.14. The van der Waals surface area contributed by atoms with Crippen LogP contribution in [0.1, 0.15) is 32.1 Å². The number of rotatable bonds is 3. The molecular formula is C9H14O3S. The van der Waals surface area contributed by atoms with Crippen molar-refractivity contribution in [1.29, 1.82) is 0 Å². The lowest BCUT2D eigenvalue weighted by molar-refractivity contribution is 0.103. The van der Waals surface area contributed by atoms with Crippen LogP contribution in [0.3, 0.4) is 0 Å². The maximum Gasteiger partial charge on any atom is 0.233 e. The highest BCUT2D eigenvalue weighted by atomic mass is 32.2. The minimum Gasteiger partial charge on any atom is -0.378 e. The fourth-order valence-corrected chi connectivity index (χ4v) is 1.63. The fourth-order valence-electron chi connectivity index (χ4n) is 1.40. The normalized spacial score (nSPS) is 23.6. The van der Waals surface area contributed by atoms with Gasteiger partial charge in [0.05, 0.1) is 6.10 Å².